The van der Waals surface area contributed by atoms with Gasteiger partial charge in [0.1, 0.15) is 5.65 Å². The van der Waals surface area contributed by atoms with Crippen LogP contribution in [0.4, 0.5) is 0 Å². The molecule has 0 aliphatic heterocycles. The molecule has 1 aromatic carbocycles. The largest absolute Gasteiger partial charge is 0.325 e. The number of nitrogens with zero attached hydrogens (tertiary/aromatic N) is 2. The van der Waals surface area contributed by atoms with Gasteiger partial charge in [0.2, 0.25) is 0 Å². The molecule has 0 amide bonds. The molecule has 0 saturated heterocycles. The molecule has 102 valence electrons. The maximum Gasteiger partial charge on any atom is 0.137 e. The molecule has 0 unspecified atom stereocenters. The molecule has 0 fully saturated rings. The van der Waals surface area contributed by atoms with Crippen molar-refractivity contribution in [3.8, 4) is 11.3 Å². The maximum absolute atomic E-state index is 5.99. The lowest BCUT2D eigenvalue weighted by molar-refractivity contribution is 0.934. The zero-order valence-electron chi connectivity index (χ0n) is 12.1. The topological polar surface area (TPSA) is 43.3 Å². The number of rotatable bonds is 2. The second-order valence-electron chi connectivity index (χ2n) is 5.29. The van der Waals surface area contributed by atoms with Crippen LogP contribution in [0.1, 0.15) is 22.5 Å². The first kappa shape index (κ1) is 12.9. The molecule has 0 aliphatic carbocycles. The van der Waals surface area contributed by atoms with Crippen molar-refractivity contribution in [1.82, 2.24) is 9.38 Å². The molecule has 3 rings (SSSR count). The highest BCUT2D eigenvalue weighted by molar-refractivity contribution is 5.70. The van der Waals surface area contributed by atoms with Gasteiger partial charge in [-0.1, -0.05) is 29.8 Å². The number of nitrogens with two attached hydrogens (primary N) is 1. The summed E-state index contributed by atoms with van der Waals surface area (Å²) >= 11 is 0. The number of hydrogen-bond donors (Lipinski definition) is 1. The summed E-state index contributed by atoms with van der Waals surface area (Å²) in [5.41, 5.74) is 13.8. The van der Waals surface area contributed by atoms with Gasteiger partial charge in [-0.25, -0.2) is 4.98 Å². The van der Waals surface area contributed by atoms with Crippen molar-refractivity contribution in [2.24, 2.45) is 5.73 Å². The van der Waals surface area contributed by atoms with E-state index in [1.165, 1.54) is 16.7 Å². The van der Waals surface area contributed by atoms with Crippen molar-refractivity contribution in [2.75, 3.05) is 0 Å². The Hall–Kier alpha value is -2.13. The Labute approximate surface area is 119 Å². The van der Waals surface area contributed by atoms with Crippen molar-refractivity contribution < 1.29 is 0 Å². The summed E-state index contributed by atoms with van der Waals surface area (Å²) in [6.07, 6.45) is 0. The summed E-state index contributed by atoms with van der Waals surface area (Å²) in [6, 6.07) is 12.6. The highest BCUT2D eigenvalue weighted by Gasteiger charge is 2.15. The first-order valence-corrected chi connectivity index (χ1v) is 6.86. The third-order valence-corrected chi connectivity index (χ3v) is 3.76. The van der Waals surface area contributed by atoms with Gasteiger partial charge in [-0.05, 0) is 38.5 Å². The van der Waals surface area contributed by atoms with Crippen LogP contribution in [0, 0.1) is 20.8 Å². The van der Waals surface area contributed by atoms with E-state index in [-0.39, 0.29) is 0 Å². The first-order chi connectivity index (χ1) is 9.61. The minimum absolute atomic E-state index is 0.481. The Kier molecular flexibility index (Phi) is 3.07. The third-order valence-electron chi connectivity index (χ3n) is 3.76. The Morgan fingerprint density at radius 1 is 1.10 bits per heavy atom. The molecular formula is C17H19N3. The number of aromatic nitrogens is 2. The van der Waals surface area contributed by atoms with E-state index < -0.39 is 0 Å². The summed E-state index contributed by atoms with van der Waals surface area (Å²) in [5.74, 6) is 0. The molecule has 2 heterocycles. The fourth-order valence-electron chi connectivity index (χ4n) is 2.81. The molecule has 0 atom stereocenters. The number of benzene rings is 1. The Balaban J connectivity index is 2.33. The lowest BCUT2D eigenvalue weighted by Crippen LogP contribution is -2.04. The number of aryl methyl sites for hydroxylation is 3. The second kappa shape index (κ2) is 4.76. The first-order valence-electron chi connectivity index (χ1n) is 6.86. The van der Waals surface area contributed by atoms with E-state index in [9.17, 15) is 0 Å². The summed E-state index contributed by atoms with van der Waals surface area (Å²) in [5, 5.41) is 0. The highest BCUT2D eigenvalue weighted by Crippen LogP contribution is 2.28. The molecule has 0 bridgehead atoms. The Morgan fingerprint density at radius 2 is 1.90 bits per heavy atom. The fourth-order valence-corrected chi connectivity index (χ4v) is 2.81. The number of pyridine rings is 1. The zero-order chi connectivity index (χ0) is 14.3. The van der Waals surface area contributed by atoms with E-state index in [4.69, 9.17) is 10.7 Å². The van der Waals surface area contributed by atoms with Gasteiger partial charge < -0.3 is 5.73 Å². The molecule has 0 aliphatic rings. The van der Waals surface area contributed by atoms with Crippen molar-refractivity contribution in [1.29, 1.82) is 0 Å². The van der Waals surface area contributed by atoms with Gasteiger partial charge >= 0.3 is 0 Å². The minimum atomic E-state index is 0.481. The summed E-state index contributed by atoms with van der Waals surface area (Å²) in [6.45, 7) is 6.79. The number of hydrogen-bond acceptors (Lipinski definition) is 2. The van der Waals surface area contributed by atoms with E-state index in [0.717, 1.165) is 22.7 Å². The van der Waals surface area contributed by atoms with Gasteiger partial charge in [0.05, 0.1) is 11.4 Å². The van der Waals surface area contributed by atoms with Crippen LogP contribution in [0.5, 0.6) is 0 Å². The van der Waals surface area contributed by atoms with Crippen molar-refractivity contribution >= 4 is 5.65 Å². The molecular weight excluding hydrogens is 246 g/mol. The van der Waals surface area contributed by atoms with Gasteiger partial charge in [0, 0.05) is 17.8 Å². The summed E-state index contributed by atoms with van der Waals surface area (Å²) in [7, 11) is 0. The maximum atomic E-state index is 5.99. The molecule has 0 spiro atoms. The van der Waals surface area contributed by atoms with Crippen LogP contribution < -0.4 is 5.73 Å². The summed E-state index contributed by atoms with van der Waals surface area (Å²) in [4.78, 5) is 4.79. The molecule has 3 nitrogen and oxygen atoms in total. The van der Waals surface area contributed by atoms with Gasteiger partial charge in [0.25, 0.3) is 0 Å². The number of imidazole rings is 1. The highest BCUT2D eigenvalue weighted by atomic mass is 15.0. The lowest BCUT2D eigenvalue weighted by atomic mass is 10.0. The van der Waals surface area contributed by atoms with Crippen LogP contribution in [0.25, 0.3) is 16.9 Å². The monoisotopic (exact) mass is 265 g/mol. The predicted molar refractivity (Wildman–Crippen MR) is 82.7 cm³/mol. The van der Waals surface area contributed by atoms with Crippen LogP contribution in [0.3, 0.4) is 0 Å². The summed E-state index contributed by atoms with van der Waals surface area (Å²) < 4.78 is 2.15. The van der Waals surface area contributed by atoms with Gasteiger partial charge in [-0.2, -0.15) is 0 Å². The van der Waals surface area contributed by atoms with Crippen molar-refractivity contribution in [2.45, 2.75) is 27.3 Å². The van der Waals surface area contributed by atoms with Crippen LogP contribution in [0.15, 0.2) is 36.4 Å². The van der Waals surface area contributed by atoms with E-state index in [2.05, 4.69) is 49.4 Å². The fraction of sp³-hybridized carbons (Fsp3) is 0.235. The van der Waals surface area contributed by atoms with Crippen molar-refractivity contribution in [3.05, 3.63) is 58.9 Å². The molecule has 3 heteroatoms. The smallest absolute Gasteiger partial charge is 0.137 e. The molecule has 2 aromatic heterocycles. The predicted octanol–water partition coefficient (Wildman–Crippen LogP) is 3.39. The van der Waals surface area contributed by atoms with Crippen LogP contribution in [0.2, 0.25) is 0 Å². The van der Waals surface area contributed by atoms with E-state index >= 15 is 0 Å². The van der Waals surface area contributed by atoms with Crippen LogP contribution in [-0.4, -0.2) is 9.38 Å². The molecule has 0 radical (unpaired) electrons. The Bertz CT molecular complexity index is 784. The van der Waals surface area contributed by atoms with E-state index in [1.807, 2.05) is 12.1 Å². The Morgan fingerprint density at radius 3 is 2.60 bits per heavy atom. The van der Waals surface area contributed by atoms with Gasteiger partial charge in [-0.15, -0.1) is 0 Å². The van der Waals surface area contributed by atoms with Gasteiger partial charge in [-0.3, -0.25) is 4.40 Å². The quantitative estimate of drug-likeness (QED) is 0.772. The van der Waals surface area contributed by atoms with E-state index in [1.54, 1.807) is 0 Å². The van der Waals surface area contributed by atoms with Gasteiger partial charge in [0.15, 0.2) is 0 Å². The van der Waals surface area contributed by atoms with Crippen molar-refractivity contribution in [3.63, 3.8) is 0 Å². The van der Waals surface area contributed by atoms with E-state index in [0.29, 0.717) is 6.54 Å². The SMILES string of the molecule is Cc1ccc(-c2nc3cccc(C)n3c2CN)c(C)c1. The number of fused-ring (bicyclic) bond motifs is 1. The van der Waals surface area contributed by atoms with Crippen LogP contribution >= 0.6 is 0 Å². The average molecular weight is 265 g/mol. The van der Waals surface area contributed by atoms with Crippen LogP contribution in [-0.2, 0) is 6.54 Å². The minimum Gasteiger partial charge on any atom is -0.325 e. The molecule has 3 aromatic rings. The second-order valence-corrected chi connectivity index (χ2v) is 5.29. The third kappa shape index (κ3) is 1.91. The lowest BCUT2D eigenvalue weighted by Gasteiger charge is -2.08. The average Bonchev–Trinajstić information content (AvgIpc) is 2.78. The molecule has 0 saturated carbocycles. The standard InChI is InChI=1S/C17H19N3/c1-11-7-8-14(12(2)9-11)17-15(10-18)20-13(3)5-4-6-16(20)19-17/h4-9H,10,18H2,1-3H3. The molecule has 20 heavy (non-hydrogen) atoms. The normalized spacial score (nSPS) is 11.2. The molecule has 2 N–H and O–H groups in total. The zero-order valence-corrected chi connectivity index (χ0v) is 12.1.